The van der Waals surface area contributed by atoms with Gasteiger partial charge in [0.1, 0.15) is 10.7 Å². The van der Waals surface area contributed by atoms with Gasteiger partial charge >= 0.3 is 0 Å². The number of aromatic amines is 1. The molecule has 0 fully saturated rings. The number of H-pyrrole nitrogens is 1. The van der Waals surface area contributed by atoms with Crippen molar-refractivity contribution in [3.8, 4) is 0 Å². The second kappa shape index (κ2) is 7.67. The highest BCUT2D eigenvalue weighted by Gasteiger charge is 2.22. The Kier molecular flexibility index (Phi) is 5.50. The number of imidazole rings is 1. The lowest BCUT2D eigenvalue weighted by atomic mass is 10.2. The van der Waals surface area contributed by atoms with Crippen molar-refractivity contribution in [3.63, 3.8) is 0 Å². The Morgan fingerprint density at radius 1 is 1.22 bits per heavy atom. The number of carbonyl (C=O) groups is 1. The molecule has 0 saturated heterocycles. The number of carbonyl (C=O) groups excluding carboxylic acids is 1. The van der Waals surface area contributed by atoms with E-state index in [4.69, 9.17) is 11.6 Å². The van der Waals surface area contributed by atoms with Crippen LogP contribution in [-0.4, -0.2) is 49.2 Å². The molecule has 1 heterocycles. The van der Waals surface area contributed by atoms with Crippen LogP contribution >= 0.6 is 11.6 Å². The van der Waals surface area contributed by atoms with Crippen LogP contribution in [0.3, 0.4) is 0 Å². The summed E-state index contributed by atoms with van der Waals surface area (Å²) < 4.78 is 25.7. The Morgan fingerprint density at radius 3 is 2.67 bits per heavy atom. The molecule has 0 radical (unpaired) electrons. The standard InChI is InChI=1S/C18H19ClN4O3S/c1-23(2)27(25,26)16-11-12(7-8-13(16)19)18(24)20-10-9-17-21-14-5-3-4-6-15(14)22-17/h3-8,11H,9-10H2,1-2H3,(H,20,24)(H,21,22). The lowest BCUT2D eigenvalue weighted by Crippen LogP contribution is -2.27. The second-order valence-electron chi connectivity index (χ2n) is 6.14. The summed E-state index contributed by atoms with van der Waals surface area (Å²) in [7, 11) is -0.919. The number of hydrogen-bond donors (Lipinski definition) is 2. The van der Waals surface area contributed by atoms with Gasteiger partial charge in [0.15, 0.2) is 0 Å². The topological polar surface area (TPSA) is 95.2 Å². The molecule has 0 aliphatic carbocycles. The van der Waals surface area contributed by atoms with Gasteiger partial charge in [-0.05, 0) is 30.3 Å². The first-order valence-electron chi connectivity index (χ1n) is 8.23. The third kappa shape index (κ3) is 4.13. The highest BCUT2D eigenvalue weighted by atomic mass is 35.5. The van der Waals surface area contributed by atoms with E-state index in [0.717, 1.165) is 21.2 Å². The number of nitrogens with zero attached hydrogens (tertiary/aromatic N) is 2. The Morgan fingerprint density at radius 2 is 1.96 bits per heavy atom. The van der Waals surface area contributed by atoms with Gasteiger partial charge in [0.2, 0.25) is 10.0 Å². The highest BCUT2D eigenvalue weighted by molar-refractivity contribution is 7.89. The van der Waals surface area contributed by atoms with Crippen molar-refractivity contribution in [2.24, 2.45) is 0 Å². The van der Waals surface area contributed by atoms with Crippen molar-refractivity contribution in [2.75, 3.05) is 20.6 Å². The minimum atomic E-state index is -3.74. The van der Waals surface area contributed by atoms with Gasteiger partial charge in [-0.3, -0.25) is 4.79 Å². The molecule has 27 heavy (non-hydrogen) atoms. The van der Waals surface area contributed by atoms with E-state index in [1.165, 1.54) is 32.3 Å². The molecular weight excluding hydrogens is 388 g/mol. The maximum absolute atomic E-state index is 12.4. The van der Waals surface area contributed by atoms with Gasteiger partial charge < -0.3 is 10.3 Å². The van der Waals surface area contributed by atoms with Crippen LogP contribution in [0, 0.1) is 0 Å². The number of fused-ring (bicyclic) bond motifs is 1. The number of benzene rings is 2. The van der Waals surface area contributed by atoms with E-state index >= 15 is 0 Å². The van der Waals surface area contributed by atoms with Crippen molar-refractivity contribution in [2.45, 2.75) is 11.3 Å². The van der Waals surface area contributed by atoms with Crippen molar-refractivity contribution in [3.05, 3.63) is 58.9 Å². The van der Waals surface area contributed by atoms with Crippen molar-refractivity contribution < 1.29 is 13.2 Å². The SMILES string of the molecule is CN(C)S(=O)(=O)c1cc(C(=O)NCCc2nc3ccccc3[nH]2)ccc1Cl. The number of hydrogen-bond acceptors (Lipinski definition) is 4. The number of amides is 1. The third-order valence-electron chi connectivity index (χ3n) is 4.04. The number of sulfonamides is 1. The summed E-state index contributed by atoms with van der Waals surface area (Å²) in [4.78, 5) is 19.9. The predicted octanol–water partition coefficient (Wildman–Crippen LogP) is 2.44. The first kappa shape index (κ1) is 19.3. The first-order chi connectivity index (χ1) is 12.8. The highest BCUT2D eigenvalue weighted by Crippen LogP contribution is 2.24. The molecule has 0 aliphatic rings. The minimum absolute atomic E-state index is 0.0718. The largest absolute Gasteiger partial charge is 0.352 e. The van der Waals surface area contributed by atoms with E-state index in [2.05, 4.69) is 15.3 Å². The summed E-state index contributed by atoms with van der Waals surface area (Å²) >= 11 is 6.00. The van der Waals surface area contributed by atoms with Gasteiger partial charge in [-0.1, -0.05) is 23.7 Å². The number of aromatic nitrogens is 2. The maximum atomic E-state index is 12.4. The van der Waals surface area contributed by atoms with Crippen LogP contribution in [0.15, 0.2) is 47.4 Å². The Labute approximate surface area is 162 Å². The van der Waals surface area contributed by atoms with Crippen LogP contribution in [0.4, 0.5) is 0 Å². The molecule has 0 bridgehead atoms. The molecule has 0 unspecified atom stereocenters. The van der Waals surface area contributed by atoms with Gasteiger partial charge in [0, 0.05) is 32.6 Å². The smallest absolute Gasteiger partial charge is 0.251 e. The summed E-state index contributed by atoms with van der Waals surface area (Å²) in [5.41, 5.74) is 2.04. The molecule has 0 atom stereocenters. The molecule has 3 aromatic rings. The maximum Gasteiger partial charge on any atom is 0.251 e. The molecule has 0 aliphatic heterocycles. The number of rotatable bonds is 6. The van der Waals surface area contributed by atoms with Crippen molar-refractivity contribution in [1.29, 1.82) is 0 Å². The second-order valence-corrected chi connectivity index (χ2v) is 8.67. The fourth-order valence-corrected chi connectivity index (χ4v) is 3.95. The minimum Gasteiger partial charge on any atom is -0.352 e. The monoisotopic (exact) mass is 406 g/mol. The van der Waals surface area contributed by atoms with E-state index in [1.807, 2.05) is 24.3 Å². The summed E-state index contributed by atoms with van der Waals surface area (Å²) in [5.74, 6) is 0.390. The average Bonchev–Trinajstić information content (AvgIpc) is 3.04. The predicted molar refractivity (Wildman–Crippen MR) is 104 cm³/mol. The van der Waals surface area contributed by atoms with E-state index in [1.54, 1.807) is 0 Å². The summed E-state index contributed by atoms with van der Waals surface area (Å²) in [6, 6.07) is 11.9. The van der Waals surface area contributed by atoms with E-state index in [-0.39, 0.29) is 21.4 Å². The van der Waals surface area contributed by atoms with E-state index in [9.17, 15) is 13.2 Å². The van der Waals surface area contributed by atoms with E-state index < -0.39 is 10.0 Å². The van der Waals surface area contributed by atoms with Crippen molar-refractivity contribution >= 4 is 38.6 Å². The van der Waals surface area contributed by atoms with Gasteiger partial charge in [-0.25, -0.2) is 17.7 Å². The Bertz CT molecular complexity index is 1060. The molecule has 3 rings (SSSR count). The fraction of sp³-hybridized carbons (Fsp3) is 0.222. The normalized spacial score (nSPS) is 11.9. The molecule has 0 saturated carbocycles. The number of nitrogens with one attached hydrogen (secondary N) is 2. The molecule has 7 nitrogen and oxygen atoms in total. The number of halogens is 1. The summed E-state index contributed by atoms with van der Waals surface area (Å²) in [6.45, 7) is 0.358. The zero-order chi connectivity index (χ0) is 19.6. The summed E-state index contributed by atoms with van der Waals surface area (Å²) in [5, 5.41) is 2.84. The third-order valence-corrected chi connectivity index (χ3v) is 6.33. The van der Waals surface area contributed by atoms with Crippen LogP contribution in [0.5, 0.6) is 0 Å². The molecule has 142 valence electrons. The Balaban J connectivity index is 1.69. The molecule has 1 aromatic heterocycles. The zero-order valence-electron chi connectivity index (χ0n) is 14.9. The van der Waals surface area contributed by atoms with Gasteiger partial charge in [-0.2, -0.15) is 0 Å². The van der Waals surface area contributed by atoms with Crippen molar-refractivity contribution in [1.82, 2.24) is 19.6 Å². The van der Waals surface area contributed by atoms with Gasteiger partial charge in [-0.15, -0.1) is 0 Å². The molecule has 0 spiro atoms. The summed E-state index contributed by atoms with van der Waals surface area (Å²) in [6.07, 6.45) is 0.525. The average molecular weight is 407 g/mol. The molecule has 2 N–H and O–H groups in total. The van der Waals surface area contributed by atoms with Crippen LogP contribution in [0.1, 0.15) is 16.2 Å². The lowest BCUT2D eigenvalue weighted by Gasteiger charge is -2.13. The zero-order valence-corrected chi connectivity index (χ0v) is 16.4. The molecule has 1 amide bonds. The molecule has 2 aromatic carbocycles. The van der Waals surface area contributed by atoms with Gasteiger partial charge in [0.05, 0.1) is 16.1 Å². The van der Waals surface area contributed by atoms with Crippen LogP contribution in [-0.2, 0) is 16.4 Å². The van der Waals surface area contributed by atoms with Gasteiger partial charge in [0.25, 0.3) is 5.91 Å². The molecule has 9 heteroatoms. The first-order valence-corrected chi connectivity index (χ1v) is 10.0. The van der Waals surface area contributed by atoms with Crippen LogP contribution < -0.4 is 5.32 Å². The van der Waals surface area contributed by atoms with Crippen LogP contribution in [0.2, 0.25) is 5.02 Å². The van der Waals surface area contributed by atoms with E-state index in [0.29, 0.717) is 13.0 Å². The quantitative estimate of drug-likeness (QED) is 0.657. The fourth-order valence-electron chi connectivity index (χ4n) is 2.56. The molecular formula is C18H19ClN4O3S. The lowest BCUT2D eigenvalue weighted by molar-refractivity contribution is 0.0954. The number of para-hydroxylation sites is 2. The Hall–Kier alpha value is -2.42. The van der Waals surface area contributed by atoms with Crippen LogP contribution in [0.25, 0.3) is 11.0 Å².